The topological polar surface area (TPSA) is 38.2 Å². The van der Waals surface area contributed by atoms with E-state index >= 15 is 0 Å². The van der Waals surface area contributed by atoms with Gasteiger partial charge in [0.2, 0.25) is 0 Å². The molecule has 2 atom stereocenters. The predicted octanol–water partition coefficient (Wildman–Crippen LogP) is 1.33. The molecular formula is C12H19N3O. The second-order valence-electron chi connectivity index (χ2n) is 4.52. The Morgan fingerprint density at radius 2 is 2.19 bits per heavy atom. The molecule has 2 rings (SSSR count). The van der Waals surface area contributed by atoms with Crippen LogP contribution in [0.25, 0.3) is 0 Å². The van der Waals surface area contributed by atoms with Gasteiger partial charge in [0.05, 0.1) is 6.10 Å². The molecule has 88 valence electrons. The van der Waals surface area contributed by atoms with Gasteiger partial charge >= 0.3 is 0 Å². The highest BCUT2D eigenvalue weighted by Gasteiger charge is 2.25. The molecule has 16 heavy (non-hydrogen) atoms. The average Bonchev–Trinajstić information content (AvgIpc) is 2.33. The van der Waals surface area contributed by atoms with E-state index in [1.807, 2.05) is 12.4 Å². The number of hydrogen-bond donors (Lipinski definition) is 0. The number of hydrogen-bond acceptors (Lipinski definition) is 4. The van der Waals surface area contributed by atoms with Crippen molar-refractivity contribution in [2.24, 2.45) is 5.92 Å². The smallest absolute Gasteiger partial charge is 0.115 e. The van der Waals surface area contributed by atoms with E-state index in [0.29, 0.717) is 12.0 Å². The molecule has 4 nitrogen and oxygen atoms in total. The second-order valence-corrected chi connectivity index (χ2v) is 4.52. The Morgan fingerprint density at radius 1 is 1.44 bits per heavy atom. The summed E-state index contributed by atoms with van der Waals surface area (Å²) in [4.78, 5) is 10.5. The molecule has 0 spiro atoms. The van der Waals surface area contributed by atoms with Gasteiger partial charge in [-0.3, -0.25) is 4.90 Å². The Morgan fingerprint density at radius 3 is 2.88 bits per heavy atom. The van der Waals surface area contributed by atoms with Gasteiger partial charge in [-0.1, -0.05) is 6.92 Å². The molecule has 1 aliphatic rings. The Labute approximate surface area is 96.7 Å². The summed E-state index contributed by atoms with van der Waals surface area (Å²) in [6.45, 7) is 5.33. The minimum Gasteiger partial charge on any atom is -0.380 e. The van der Waals surface area contributed by atoms with Crippen molar-refractivity contribution in [1.29, 1.82) is 0 Å². The molecule has 1 aromatic rings. The number of rotatable bonds is 3. The highest BCUT2D eigenvalue weighted by atomic mass is 16.5. The van der Waals surface area contributed by atoms with Gasteiger partial charge in [-0.25, -0.2) is 9.97 Å². The molecular weight excluding hydrogens is 202 g/mol. The third kappa shape index (κ3) is 2.77. The number of ether oxygens (including phenoxy) is 1. The lowest BCUT2D eigenvalue weighted by atomic mass is 9.95. The van der Waals surface area contributed by atoms with Crippen LogP contribution in [0.15, 0.2) is 18.7 Å². The van der Waals surface area contributed by atoms with Crippen LogP contribution < -0.4 is 0 Å². The van der Waals surface area contributed by atoms with Gasteiger partial charge in [0.15, 0.2) is 0 Å². The third-order valence-electron chi connectivity index (χ3n) is 3.30. The monoisotopic (exact) mass is 221 g/mol. The fourth-order valence-corrected chi connectivity index (χ4v) is 2.22. The van der Waals surface area contributed by atoms with Crippen molar-refractivity contribution in [3.63, 3.8) is 0 Å². The Balaban J connectivity index is 1.92. The van der Waals surface area contributed by atoms with Crippen LogP contribution in [-0.2, 0) is 11.3 Å². The average molecular weight is 221 g/mol. The molecule has 1 aliphatic heterocycles. The van der Waals surface area contributed by atoms with Crippen LogP contribution in [0, 0.1) is 5.92 Å². The molecule has 0 aliphatic carbocycles. The molecule has 2 heterocycles. The molecule has 1 saturated heterocycles. The summed E-state index contributed by atoms with van der Waals surface area (Å²) in [6.07, 6.45) is 6.89. The Hall–Kier alpha value is -1.00. The fraction of sp³-hybridized carbons (Fsp3) is 0.667. The SMILES string of the molecule is CO[C@@H]1CN(Cc2cncnc2)CC[C@H]1C. The van der Waals surface area contributed by atoms with E-state index in [-0.39, 0.29) is 0 Å². The summed E-state index contributed by atoms with van der Waals surface area (Å²) in [5, 5.41) is 0. The van der Waals surface area contributed by atoms with Gasteiger partial charge in [-0.2, -0.15) is 0 Å². The largest absolute Gasteiger partial charge is 0.380 e. The fourth-order valence-electron chi connectivity index (χ4n) is 2.22. The van der Waals surface area contributed by atoms with Crippen molar-refractivity contribution < 1.29 is 4.74 Å². The number of piperidine rings is 1. The van der Waals surface area contributed by atoms with Crippen molar-refractivity contribution in [2.75, 3.05) is 20.2 Å². The lowest BCUT2D eigenvalue weighted by molar-refractivity contribution is -0.00750. The predicted molar refractivity (Wildman–Crippen MR) is 61.9 cm³/mol. The number of likely N-dealkylation sites (tertiary alicyclic amines) is 1. The minimum absolute atomic E-state index is 0.360. The molecule has 1 fully saturated rings. The molecule has 1 aromatic heterocycles. The van der Waals surface area contributed by atoms with E-state index < -0.39 is 0 Å². The van der Waals surface area contributed by atoms with E-state index in [0.717, 1.165) is 19.6 Å². The van der Waals surface area contributed by atoms with Crippen molar-refractivity contribution in [3.8, 4) is 0 Å². The first kappa shape index (κ1) is 11.5. The molecule has 0 bridgehead atoms. The van der Waals surface area contributed by atoms with E-state index in [4.69, 9.17) is 4.74 Å². The summed E-state index contributed by atoms with van der Waals surface area (Å²) >= 11 is 0. The molecule has 0 N–H and O–H groups in total. The second kappa shape index (κ2) is 5.37. The van der Waals surface area contributed by atoms with Crippen LogP contribution in [0.1, 0.15) is 18.9 Å². The quantitative estimate of drug-likeness (QED) is 0.772. The first-order chi connectivity index (χ1) is 7.79. The van der Waals surface area contributed by atoms with Gasteiger partial charge < -0.3 is 4.74 Å². The lowest BCUT2D eigenvalue weighted by Crippen LogP contribution is -2.43. The zero-order valence-corrected chi connectivity index (χ0v) is 9.97. The van der Waals surface area contributed by atoms with Gasteiger partial charge in [0.1, 0.15) is 6.33 Å². The third-order valence-corrected chi connectivity index (χ3v) is 3.30. The van der Waals surface area contributed by atoms with Crippen molar-refractivity contribution >= 4 is 0 Å². The molecule has 0 unspecified atom stereocenters. The Bertz CT molecular complexity index is 317. The van der Waals surface area contributed by atoms with Gasteiger partial charge in [0, 0.05) is 38.2 Å². The zero-order valence-electron chi connectivity index (χ0n) is 9.97. The lowest BCUT2D eigenvalue weighted by Gasteiger charge is -2.36. The van der Waals surface area contributed by atoms with Gasteiger partial charge in [-0.15, -0.1) is 0 Å². The standard InChI is InChI=1S/C12H19N3O/c1-10-3-4-15(8-12(10)16-2)7-11-5-13-9-14-6-11/h5-6,9-10,12H,3-4,7-8H2,1-2H3/t10-,12-/m1/s1. The number of methoxy groups -OCH3 is 1. The summed E-state index contributed by atoms with van der Waals surface area (Å²) in [5.41, 5.74) is 1.17. The van der Waals surface area contributed by atoms with E-state index in [1.54, 1.807) is 13.4 Å². The summed E-state index contributed by atoms with van der Waals surface area (Å²) in [5.74, 6) is 0.660. The van der Waals surface area contributed by atoms with Crippen LogP contribution in [0.4, 0.5) is 0 Å². The molecule has 0 amide bonds. The summed E-state index contributed by atoms with van der Waals surface area (Å²) in [6, 6.07) is 0. The normalized spacial score (nSPS) is 26.9. The van der Waals surface area contributed by atoms with Gasteiger partial charge in [-0.05, 0) is 18.9 Å². The number of aromatic nitrogens is 2. The van der Waals surface area contributed by atoms with Crippen LogP contribution in [0.2, 0.25) is 0 Å². The van der Waals surface area contributed by atoms with E-state index in [1.165, 1.54) is 12.0 Å². The number of nitrogens with zero attached hydrogens (tertiary/aromatic N) is 3. The van der Waals surface area contributed by atoms with Crippen LogP contribution in [-0.4, -0.2) is 41.2 Å². The first-order valence-electron chi connectivity index (χ1n) is 5.78. The maximum absolute atomic E-state index is 5.50. The van der Waals surface area contributed by atoms with Crippen LogP contribution in [0.3, 0.4) is 0 Å². The highest BCUT2D eigenvalue weighted by molar-refractivity contribution is 5.02. The van der Waals surface area contributed by atoms with E-state index in [9.17, 15) is 0 Å². The molecule has 0 saturated carbocycles. The van der Waals surface area contributed by atoms with Crippen molar-refractivity contribution in [2.45, 2.75) is 26.0 Å². The molecule has 4 heteroatoms. The first-order valence-corrected chi connectivity index (χ1v) is 5.78. The van der Waals surface area contributed by atoms with Gasteiger partial charge in [0.25, 0.3) is 0 Å². The van der Waals surface area contributed by atoms with Crippen molar-refractivity contribution in [1.82, 2.24) is 14.9 Å². The van der Waals surface area contributed by atoms with Crippen LogP contribution >= 0.6 is 0 Å². The zero-order chi connectivity index (χ0) is 11.4. The minimum atomic E-state index is 0.360. The molecule has 0 aromatic carbocycles. The van der Waals surface area contributed by atoms with Crippen molar-refractivity contribution in [3.05, 3.63) is 24.3 Å². The Kier molecular flexibility index (Phi) is 3.85. The highest BCUT2D eigenvalue weighted by Crippen LogP contribution is 2.20. The summed E-state index contributed by atoms with van der Waals surface area (Å²) in [7, 11) is 1.80. The van der Waals surface area contributed by atoms with E-state index in [2.05, 4.69) is 21.8 Å². The van der Waals surface area contributed by atoms with Crippen LogP contribution in [0.5, 0.6) is 0 Å². The molecule has 0 radical (unpaired) electrons. The maximum atomic E-state index is 5.50. The summed E-state index contributed by atoms with van der Waals surface area (Å²) < 4.78 is 5.50. The maximum Gasteiger partial charge on any atom is 0.115 e.